The van der Waals surface area contributed by atoms with Gasteiger partial charge in [-0.1, -0.05) is 0 Å². The number of anilines is 1. The van der Waals surface area contributed by atoms with Crippen molar-refractivity contribution in [2.24, 2.45) is 5.92 Å². The highest BCUT2D eigenvalue weighted by molar-refractivity contribution is 5.93. The molecule has 2 aliphatic heterocycles. The molecular weight excluding hydrogens is 328 g/mol. The van der Waals surface area contributed by atoms with Gasteiger partial charge in [0.1, 0.15) is 0 Å². The van der Waals surface area contributed by atoms with Crippen LogP contribution in [0.5, 0.6) is 0 Å². The Morgan fingerprint density at radius 3 is 2.46 bits per heavy atom. The van der Waals surface area contributed by atoms with Crippen molar-refractivity contribution in [1.82, 2.24) is 14.5 Å². The molecule has 0 unspecified atom stereocenters. The Bertz CT molecular complexity index is 772. The molecule has 0 radical (unpaired) electrons. The van der Waals surface area contributed by atoms with Crippen molar-refractivity contribution in [1.29, 1.82) is 0 Å². The molecular formula is C20H26N4O2. The number of carbonyl (C=O) groups is 1. The molecule has 1 amide bonds. The van der Waals surface area contributed by atoms with E-state index in [0.717, 1.165) is 61.9 Å². The zero-order chi connectivity index (χ0) is 18.1. The van der Waals surface area contributed by atoms with Gasteiger partial charge in [-0.05, 0) is 51.0 Å². The van der Waals surface area contributed by atoms with Gasteiger partial charge in [-0.25, -0.2) is 4.98 Å². The average molecular weight is 354 g/mol. The van der Waals surface area contributed by atoms with Crippen LogP contribution in [-0.4, -0.2) is 52.7 Å². The minimum Gasteiger partial charge on any atom is -0.381 e. The fourth-order valence-electron chi connectivity index (χ4n) is 3.74. The molecule has 138 valence electrons. The molecule has 6 heteroatoms. The highest BCUT2D eigenvalue weighted by Crippen LogP contribution is 2.25. The van der Waals surface area contributed by atoms with E-state index in [1.165, 1.54) is 0 Å². The maximum atomic E-state index is 12.5. The summed E-state index contributed by atoms with van der Waals surface area (Å²) in [6.45, 7) is 7.48. The van der Waals surface area contributed by atoms with E-state index in [2.05, 4.69) is 26.7 Å². The van der Waals surface area contributed by atoms with Crippen molar-refractivity contribution < 1.29 is 9.53 Å². The summed E-state index contributed by atoms with van der Waals surface area (Å²) in [6.07, 6.45) is 4.00. The van der Waals surface area contributed by atoms with Gasteiger partial charge in [0.05, 0.1) is 17.9 Å². The molecule has 0 aliphatic carbocycles. The van der Waals surface area contributed by atoms with Gasteiger partial charge in [-0.15, -0.1) is 0 Å². The maximum absolute atomic E-state index is 12.5. The molecule has 1 N–H and O–H groups in total. The number of imidazole rings is 1. The molecule has 26 heavy (non-hydrogen) atoms. The van der Waals surface area contributed by atoms with E-state index >= 15 is 0 Å². The van der Waals surface area contributed by atoms with Gasteiger partial charge >= 0.3 is 0 Å². The fourth-order valence-corrected chi connectivity index (χ4v) is 3.74. The molecule has 6 nitrogen and oxygen atoms in total. The number of nitrogens with one attached hydrogen (secondary N) is 1. The van der Waals surface area contributed by atoms with Gasteiger partial charge in [0, 0.05) is 49.4 Å². The van der Waals surface area contributed by atoms with Gasteiger partial charge < -0.3 is 14.6 Å². The quantitative estimate of drug-likeness (QED) is 0.917. The van der Waals surface area contributed by atoms with Crippen molar-refractivity contribution in [3.63, 3.8) is 0 Å². The summed E-state index contributed by atoms with van der Waals surface area (Å²) in [7, 11) is 0. The monoisotopic (exact) mass is 354 g/mol. The molecule has 0 atom stereocenters. The number of aromatic nitrogens is 2. The molecule has 4 rings (SSSR count). The first-order valence-corrected chi connectivity index (χ1v) is 9.35. The van der Waals surface area contributed by atoms with Crippen molar-refractivity contribution in [2.45, 2.75) is 32.7 Å². The first-order valence-electron chi connectivity index (χ1n) is 9.35. The van der Waals surface area contributed by atoms with Crippen LogP contribution in [0.4, 0.5) is 5.69 Å². The largest absolute Gasteiger partial charge is 0.381 e. The van der Waals surface area contributed by atoms with E-state index in [0.29, 0.717) is 6.04 Å². The third-order valence-corrected chi connectivity index (χ3v) is 5.65. The average Bonchev–Trinajstić information content (AvgIpc) is 2.94. The highest BCUT2D eigenvalue weighted by atomic mass is 16.5. The Balaban J connectivity index is 1.32. The zero-order valence-corrected chi connectivity index (χ0v) is 15.4. The summed E-state index contributed by atoms with van der Waals surface area (Å²) in [4.78, 5) is 19.2. The van der Waals surface area contributed by atoms with Gasteiger partial charge in [-0.3, -0.25) is 9.69 Å². The van der Waals surface area contributed by atoms with Crippen LogP contribution in [0.1, 0.15) is 24.2 Å². The van der Waals surface area contributed by atoms with Crippen LogP contribution in [0.2, 0.25) is 0 Å². The molecule has 2 saturated heterocycles. The van der Waals surface area contributed by atoms with E-state index in [1.54, 1.807) is 0 Å². The predicted molar refractivity (Wildman–Crippen MR) is 101 cm³/mol. The number of hydrogen-bond acceptors (Lipinski definition) is 4. The highest BCUT2D eigenvalue weighted by Gasteiger charge is 2.37. The van der Waals surface area contributed by atoms with Crippen LogP contribution < -0.4 is 5.32 Å². The minimum atomic E-state index is 0.0936. The molecule has 2 fully saturated rings. The zero-order valence-electron chi connectivity index (χ0n) is 15.4. The van der Waals surface area contributed by atoms with E-state index in [9.17, 15) is 4.79 Å². The number of carbonyl (C=O) groups excluding carboxylic acids is 1. The lowest BCUT2D eigenvalue weighted by molar-refractivity contribution is -0.127. The van der Waals surface area contributed by atoms with Gasteiger partial charge in [0.2, 0.25) is 5.91 Å². The lowest BCUT2D eigenvalue weighted by Crippen LogP contribution is -2.57. The molecule has 0 spiro atoms. The molecule has 0 saturated carbocycles. The lowest BCUT2D eigenvalue weighted by Gasteiger charge is -2.44. The Morgan fingerprint density at radius 2 is 1.85 bits per heavy atom. The number of rotatable bonds is 4. The van der Waals surface area contributed by atoms with Crippen molar-refractivity contribution in [3.05, 3.63) is 42.0 Å². The number of aryl methyl sites for hydroxylation is 1. The predicted octanol–water partition coefficient (Wildman–Crippen LogP) is 2.54. The third kappa shape index (κ3) is 3.39. The summed E-state index contributed by atoms with van der Waals surface area (Å²) >= 11 is 0. The fraction of sp³-hybridized carbons (Fsp3) is 0.500. The number of benzene rings is 1. The Morgan fingerprint density at radius 1 is 1.15 bits per heavy atom. The Labute approximate surface area is 154 Å². The van der Waals surface area contributed by atoms with Crippen LogP contribution in [0, 0.1) is 19.8 Å². The maximum Gasteiger partial charge on any atom is 0.230 e. The molecule has 0 bridgehead atoms. The van der Waals surface area contributed by atoms with Gasteiger partial charge in [-0.2, -0.15) is 0 Å². The van der Waals surface area contributed by atoms with Crippen LogP contribution >= 0.6 is 0 Å². The first kappa shape index (κ1) is 17.2. The normalized spacial score (nSPS) is 19.3. The Hall–Kier alpha value is -2.18. The van der Waals surface area contributed by atoms with Crippen molar-refractivity contribution in [2.75, 3.05) is 31.6 Å². The van der Waals surface area contributed by atoms with Crippen molar-refractivity contribution >= 4 is 11.6 Å². The lowest BCUT2D eigenvalue weighted by atomic mass is 9.93. The SMILES string of the molecule is Cc1ncn(-c2ccc(NC(=O)C3CN(C4CCOCC4)C3)cc2)c1C. The number of amides is 1. The minimum absolute atomic E-state index is 0.0936. The van der Waals surface area contributed by atoms with E-state index in [4.69, 9.17) is 4.74 Å². The summed E-state index contributed by atoms with van der Waals surface area (Å²) in [5.74, 6) is 0.215. The smallest absolute Gasteiger partial charge is 0.230 e. The van der Waals surface area contributed by atoms with Gasteiger partial charge in [0.15, 0.2) is 0 Å². The summed E-state index contributed by atoms with van der Waals surface area (Å²) in [5.41, 5.74) is 4.05. The van der Waals surface area contributed by atoms with E-state index < -0.39 is 0 Å². The summed E-state index contributed by atoms with van der Waals surface area (Å²) < 4.78 is 7.46. The third-order valence-electron chi connectivity index (χ3n) is 5.65. The summed E-state index contributed by atoms with van der Waals surface area (Å²) in [6, 6.07) is 8.53. The van der Waals surface area contributed by atoms with Crippen LogP contribution in [0.15, 0.2) is 30.6 Å². The molecule has 2 aliphatic rings. The number of nitrogens with zero attached hydrogens (tertiary/aromatic N) is 3. The number of likely N-dealkylation sites (tertiary alicyclic amines) is 1. The Kier molecular flexibility index (Phi) is 4.78. The topological polar surface area (TPSA) is 59.4 Å². The second-order valence-electron chi connectivity index (χ2n) is 7.32. The number of hydrogen-bond donors (Lipinski definition) is 1. The second kappa shape index (κ2) is 7.21. The van der Waals surface area contributed by atoms with Crippen LogP contribution in [0.25, 0.3) is 5.69 Å². The number of ether oxygens (including phenoxy) is 1. The van der Waals surface area contributed by atoms with Crippen molar-refractivity contribution in [3.8, 4) is 5.69 Å². The van der Waals surface area contributed by atoms with Crippen LogP contribution in [-0.2, 0) is 9.53 Å². The standard InChI is InChI=1S/C20H26N4O2/c1-14-15(2)24(13-21-14)19-5-3-17(4-6-19)22-20(25)16-11-23(12-16)18-7-9-26-10-8-18/h3-6,13,16,18H,7-12H2,1-2H3,(H,22,25). The molecule has 1 aromatic carbocycles. The second-order valence-corrected chi connectivity index (χ2v) is 7.32. The van der Waals surface area contributed by atoms with E-state index in [-0.39, 0.29) is 11.8 Å². The molecule has 3 heterocycles. The van der Waals surface area contributed by atoms with Crippen LogP contribution in [0.3, 0.4) is 0 Å². The first-order chi connectivity index (χ1) is 12.6. The summed E-state index contributed by atoms with van der Waals surface area (Å²) in [5, 5.41) is 3.05. The molecule has 2 aromatic rings. The van der Waals surface area contributed by atoms with E-state index in [1.807, 2.05) is 37.5 Å². The van der Waals surface area contributed by atoms with Gasteiger partial charge in [0.25, 0.3) is 0 Å². The molecule has 1 aromatic heterocycles.